The van der Waals surface area contributed by atoms with Crippen molar-refractivity contribution in [2.24, 2.45) is 0 Å². The molecule has 1 aliphatic rings. The molecule has 0 atom stereocenters. The summed E-state index contributed by atoms with van der Waals surface area (Å²) in [7, 11) is 4.03. The minimum atomic E-state index is -0.442. The van der Waals surface area contributed by atoms with Crippen LogP contribution in [0.3, 0.4) is 0 Å². The van der Waals surface area contributed by atoms with Crippen molar-refractivity contribution in [2.75, 3.05) is 40.3 Å². The molecular weight excluding hydrogens is 216 g/mol. The van der Waals surface area contributed by atoms with Gasteiger partial charge >= 0.3 is 0 Å². The maximum absolute atomic E-state index is 11.2. The number of nitrogens with one attached hydrogen (secondary N) is 1. The number of likely N-dealkylation sites (N-methyl/N-ethyl adjacent to an activating group) is 1. The first-order valence-electron chi connectivity index (χ1n) is 6.06. The number of likely N-dealkylation sites (tertiary alicyclic amines) is 1. The molecule has 1 rings (SSSR count). The lowest BCUT2D eigenvalue weighted by atomic mass is 9.89. The van der Waals surface area contributed by atoms with E-state index in [9.17, 15) is 10.1 Å². The van der Waals surface area contributed by atoms with Gasteiger partial charge in [0.05, 0.1) is 6.07 Å². The Labute approximate surface area is 103 Å². The maximum atomic E-state index is 11.2. The Bertz CT molecular complexity index is 300. The smallest absolute Gasteiger partial charge is 0.219 e. The lowest BCUT2D eigenvalue weighted by molar-refractivity contribution is -0.130. The van der Waals surface area contributed by atoms with Gasteiger partial charge in [-0.25, -0.2) is 0 Å². The molecule has 0 aliphatic carbocycles. The number of hydrogen-bond acceptors (Lipinski definition) is 4. The summed E-state index contributed by atoms with van der Waals surface area (Å²) in [4.78, 5) is 15.1. The molecular formula is C12H22N4O. The van der Waals surface area contributed by atoms with E-state index in [2.05, 4.69) is 16.3 Å². The van der Waals surface area contributed by atoms with Gasteiger partial charge in [-0.15, -0.1) is 0 Å². The molecule has 1 aliphatic heterocycles. The average Bonchev–Trinajstić information content (AvgIpc) is 2.29. The standard InChI is InChI=1S/C12H22N4O/c1-11(17)16-7-4-12(10-13,5-8-16)14-6-9-15(2)3/h14H,4-9H2,1-3H3. The lowest BCUT2D eigenvalue weighted by Gasteiger charge is -2.37. The fourth-order valence-corrected chi connectivity index (χ4v) is 2.05. The molecule has 0 radical (unpaired) electrons. The Morgan fingerprint density at radius 3 is 2.47 bits per heavy atom. The normalized spacial score (nSPS) is 19.1. The van der Waals surface area contributed by atoms with Crippen LogP contribution in [0, 0.1) is 11.3 Å². The van der Waals surface area contributed by atoms with Crippen LogP contribution in [0.2, 0.25) is 0 Å². The van der Waals surface area contributed by atoms with E-state index >= 15 is 0 Å². The molecule has 0 spiro atoms. The van der Waals surface area contributed by atoms with Crippen molar-refractivity contribution in [3.63, 3.8) is 0 Å². The third kappa shape index (κ3) is 3.99. The van der Waals surface area contributed by atoms with E-state index in [0.29, 0.717) is 13.1 Å². The first-order chi connectivity index (χ1) is 7.99. The minimum Gasteiger partial charge on any atom is -0.343 e. The lowest BCUT2D eigenvalue weighted by Crippen LogP contribution is -2.54. The highest BCUT2D eigenvalue weighted by Crippen LogP contribution is 2.21. The van der Waals surface area contributed by atoms with Gasteiger partial charge in [0.15, 0.2) is 0 Å². The highest BCUT2D eigenvalue weighted by atomic mass is 16.2. The first-order valence-corrected chi connectivity index (χ1v) is 6.06. The van der Waals surface area contributed by atoms with E-state index in [4.69, 9.17) is 0 Å². The summed E-state index contributed by atoms with van der Waals surface area (Å²) in [6.07, 6.45) is 1.44. The molecule has 0 aromatic rings. The number of rotatable bonds is 4. The molecule has 0 unspecified atom stereocenters. The zero-order chi connectivity index (χ0) is 12.9. The Morgan fingerprint density at radius 1 is 1.47 bits per heavy atom. The zero-order valence-corrected chi connectivity index (χ0v) is 11.0. The molecule has 5 heteroatoms. The van der Waals surface area contributed by atoms with Crippen LogP contribution < -0.4 is 5.32 Å². The Kier molecular flexibility index (Phi) is 4.91. The number of hydrogen-bond donors (Lipinski definition) is 1. The number of carbonyl (C=O) groups is 1. The summed E-state index contributed by atoms with van der Waals surface area (Å²) in [5.41, 5.74) is -0.442. The molecule has 0 aromatic heterocycles. The van der Waals surface area contributed by atoms with Crippen LogP contribution in [0.4, 0.5) is 0 Å². The monoisotopic (exact) mass is 238 g/mol. The van der Waals surface area contributed by atoms with Gasteiger partial charge in [0, 0.05) is 33.1 Å². The third-order valence-electron chi connectivity index (χ3n) is 3.30. The molecule has 0 saturated carbocycles. The summed E-state index contributed by atoms with van der Waals surface area (Å²) in [6.45, 7) is 4.66. The predicted molar refractivity (Wildman–Crippen MR) is 66.4 cm³/mol. The van der Waals surface area contributed by atoms with Crippen LogP contribution in [0.1, 0.15) is 19.8 Å². The van der Waals surface area contributed by atoms with Crippen molar-refractivity contribution in [2.45, 2.75) is 25.3 Å². The van der Waals surface area contributed by atoms with E-state index in [-0.39, 0.29) is 5.91 Å². The van der Waals surface area contributed by atoms with Crippen molar-refractivity contribution in [1.29, 1.82) is 5.26 Å². The summed E-state index contributed by atoms with van der Waals surface area (Å²) in [6, 6.07) is 2.38. The van der Waals surface area contributed by atoms with Gasteiger partial charge < -0.3 is 9.80 Å². The number of carbonyl (C=O) groups excluding carboxylic acids is 1. The van der Waals surface area contributed by atoms with Crippen LogP contribution in [-0.4, -0.2) is 61.5 Å². The van der Waals surface area contributed by atoms with Gasteiger partial charge in [0.2, 0.25) is 5.91 Å². The molecule has 1 amide bonds. The number of piperidine rings is 1. The van der Waals surface area contributed by atoms with Crippen molar-refractivity contribution in [3.05, 3.63) is 0 Å². The average molecular weight is 238 g/mol. The van der Waals surface area contributed by atoms with Crippen molar-refractivity contribution in [3.8, 4) is 6.07 Å². The fraction of sp³-hybridized carbons (Fsp3) is 0.833. The Morgan fingerprint density at radius 2 is 2.06 bits per heavy atom. The SMILES string of the molecule is CC(=O)N1CCC(C#N)(NCCN(C)C)CC1. The van der Waals surface area contributed by atoms with Gasteiger partial charge in [0.1, 0.15) is 5.54 Å². The predicted octanol–water partition coefficient (Wildman–Crippen LogP) is 0.0423. The Balaban J connectivity index is 2.44. The van der Waals surface area contributed by atoms with E-state index in [1.807, 2.05) is 19.0 Å². The van der Waals surface area contributed by atoms with E-state index in [1.165, 1.54) is 0 Å². The van der Waals surface area contributed by atoms with E-state index in [1.54, 1.807) is 6.92 Å². The largest absolute Gasteiger partial charge is 0.343 e. The van der Waals surface area contributed by atoms with Gasteiger partial charge in [0.25, 0.3) is 0 Å². The molecule has 0 bridgehead atoms. The van der Waals surface area contributed by atoms with Crippen molar-refractivity contribution in [1.82, 2.24) is 15.1 Å². The highest BCUT2D eigenvalue weighted by molar-refractivity contribution is 5.73. The summed E-state index contributed by atoms with van der Waals surface area (Å²) in [5, 5.41) is 12.6. The van der Waals surface area contributed by atoms with Crippen LogP contribution in [0.25, 0.3) is 0 Å². The summed E-state index contributed by atoms with van der Waals surface area (Å²) < 4.78 is 0. The third-order valence-corrected chi connectivity index (χ3v) is 3.30. The Hall–Kier alpha value is -1.12. The van der Waals surface area contributed by atoms with Crippen molar-refractivity contribution < 1.29 is 4.79 Å². The molecule has 1 N–H and O–H groups in total. The highest BCUT2D eigenvalue weighted by Gasteiger charge is 2.34. The second-order valence-electron chi connectivity index (χ2n) is 4.93. The van der Waals surface area contributed by atoms with Crippen molar-refractivity contribution >= 4 is 5.91 Å². The van der Waals surface area contributed by atoms with Gasteiger partial charge in [-0.1, -0.05) is 0 Å². The summed E-state index contributed by atoms with van der Waals surface area (Å²) in [5.74, 6) is 0.102. The zero-order valence-electron chi connectivity index (χ0n) is 11.0. The van der Waals surface area contributed by atoms with Gasteiger partial charge in [-0.2, -0.15) is 5.26 Å². The van der Waals surface area contributed by atoms with Gasteiger partial charge in [-0.05, 0) is 26.9 Å². The topological polar surface area (TPSA) is 59.4 Å². The molecule has 5 nitrogen and oxygen atoms in total. The maximum Gasteiger partial charge on any atom is 0.219 e. The minimum absolute atomic E-state index is 0.102. The van der Waals surface area contributed by atoms with Crippen LogP contribution in [-0.2, 0) is 4.79 Å². The van der Waals surface area contributed by atoms with E-state index < -0.39 is 5.54 Å². The quantitative estimate of drug-likeness (QED) is 0.751. The molecule has 96 valence electrons. The van der Waals surface area contributed by atoms with Gasteiger partial charge in [-0.3, -0.25) is 10.1 Å². The van der Waals surface area contributed by atoms with Crippen LogP contribution in [0.5, 0.6) is 0 Å². The second kappa shape index (κ2) is 5.99. The van der Waals surface area contributed by atoms with Crippen LogP contribution >= 0.6 is 0 Å². The molecule has 1 fully saturated rings. The second-order valence-corrected chi connectivity index (χ2v) is 4.93. The summed E-state index contributed by atoms with van der Waals surface area (Å²) >= 11 is 0. The fourth-order valence-electron chi connectivity index (χ4n) is 2.05. The number of amides is 1. The molecule has 1 saturated heterocycles. The van der Waals surface area contributed by atoms with Crippen LogP contribution in [0.15, 0.2) is 0 Å². The molecule has 1 heterocycles. The molecule has 17 heavy (non-hydrogen) atoms. The first kappa shape index (κ1) is 13.9. The number of nitriles is 1. The van der Waals surface area contributed by atoms with E-state index in [0.717, 1.165) is 25.9 Å². The number of nitrogens with zero attached hydrogens (tertiary/aromatic N) is 3. The molecule has 0 aromatic carbocycles.